The van der Waals surface area contributed by atoms with E-state index in [0.717, 1.165) is 0 Å². The summed E-state index contributed by atoms with van der Waals surface area (Å²) in [5.74, 6) is -0.00931. The van der Waals surface area contributed by atoms with E-state index in [2.05, 4.69) is 10.6 Å². The maximum atomic E-state index is 11.7. The number of rotatable bonds is 5. The molecule has 0 saturated carbocycles. The molecule has 0 aromatic rings. The maximum Gasteiger partial charge on any atom is 0.237 e. The highest BCUT2D eigenvalue weighted by Crippen LogP contribution is 2.02. The molecule has 0 fully saturated rings. The highest BCUT2D eigenvalue weighted by atomic mass is 16.3. The molecule has 0 spiro atoms. The standard InChI is InChI=1S/C12H26N2O2/c1-8(7-9(2)15)13-10(3)11(16)14-12(4,5)6/h8-10,13,15H,7H2,1-6H3,(H,14,16). The van der Waals surface area contributed by atoms with Gasteiger partial charge < -0.3 is 15.7 Å². The van der Waals surface area contributed by atoms with Crippen LogP contribution in [0.3, 0.4) is 0 Å². The van der Waals surface area contributed by atoms with Gasteiger partial charge in [0, 0.05) is 11.6 Å². The van der Waals surface area contributed by atoms with Gasteiger partial charge in [-0.1, -0.05) is 0 Å². The molecule has 0 aliphatic rings. The largest absolute Gasteiger partial charge is 0.393 e. The van der Waals surface area contributed by atoms with Crippen LogP contribution in [0.1, 0.15) is 48.0 Å². The molecular formula is C12H26N2O2. The van der Waals surface area contributed by atoms with E-state index >= 15 is 0 Å². The van der Waals surface area contributed by atoms with E-state index in [4.69, 9.17) is 0 Å². The molecule has 0 heterocycles. The molecule has 0 radical (unpaired) electrons. The summed E-state index contributed by atoms with van der Waals surface area (Å²) in [7, 11) is 0. The molecule has 0 saturated heterocycles. The van der Waals surface area contributed by atoms with E-state index in [1.165, 1.54) is 0 Å². The monoisotopic (exact) mass is 230 g/mol. The number of hydrogen-bond donors (Lipinski definition) is 3. The smallest absolute Gasteiger partial charge is 0.237 e. The minimum atomic E-state index is -0.347. The Bertz CT molecular complexity index is 222. The molecule has 3 unspecified atom stereocenters. The van der Waals surface area contributed by atoms with Crippen LogP contribution in [0, 0.1) is 0 Å². The molecule has 16 heavy (non-hydrogen) atoms. The van der Waals surface area contributed by atoms with Gasteiger partial charge in [0.05, 0.1) is 12.1 Å². The second-order valence-electron chi connectivity index (χ2n) is 5.61. The van der Waals surface area contributed by atoms with Gasteiger partial charge in [0.2, 0.25) is 5.91 Å². The molecule has 96 valence electrons. The van der Waals surface area contributed by atoms with Crippen LogP contribution in [0.25, 0.3) is 0 Å². The number of aliphatic hydroxyl groups is 1. The highest BCUT2D eigenvalue weighted by molar-refractivity contribution is 5.81. The summed E-state index contributed by atoms with van der Waals surface area (Å²) in [5, 5.41) is 15.3. The molecule has 3 atom stereocenters. The van der Waals surface area contributed by atoms with Crippen LogP contribution in [0.2, 0.25) is 0 Å². The Morgan fingerprint density at radius 1 is 1.25 bits per heavy atom. The van der Waals surface area contributed by atoms with Gasteiger partial charge in [0.25, 0.3) is 0 Å². The molecule has 1 amide bonds. The Morgan fingerprint density at radius 2 is 1.75 bits per heavy atom. The first-order chi connectivity index (χ1) is 7.11. The zero-order valence-corrected chi connectivity index (χ0v) is 11.3. The van der Waals surface area contributed by atoms with E-state index < -0.39 is 0 Å². The Balaban J connectivity index is 4.05. The van der Waals surface area contributed by atoms with Crippen LogP contribution in [-0.4, -0.2) is 34.7 Å². The van der Waals surface area contributed by atoms with Crippen molar-refractivity contribution in [1.29, 1.82) is 0 Å². The number of nitrogens with one attached hydrogen (secondary N) is 2. The van der Waals surface area contributed by atoms with Crippen molar-refractivity contribution in [3.8, 4) is 0 Å². The zero-order valence-electron chi connectivity index (χ0n) is 11.3. The fourth-order valence-corrected chi connectivity index (χ4v) is 1.56. The predicted octanol–water partition coefficient (Wildman–Crippen LogP) is 1.04. The molecule has 4 nitrogen and oxygen atoms in total. The minimum Gasteiger partial charge on any atom is -0.393 e. The van der Waals surface area contributed by atoms with Gasteiger partial charge in [-0.15, -0.1) is 0 Å². The summed E-state index contributed by atoms with van der Waals surface area (Å²) in [6, 6.07) is -0.117. The fourth-order valence-electron chi connectivity index (χ4n) is 1.56. The van der Waals surface area contributed by atoms with Crippen LogP contribution in [0.5, 0.6) is 0 Å². The van der Waals surface area contributed by atoms with Crippen molar-refractivity contribution < 1.29 is 9.90 Å². The normalized spacial score (nSPS) is 17.7. The van der Waals surface area contributed by atoms with E-state index in [1.807, 2.05) is 34.6 Å². The zero-order chi connectivity index (χ0) is 12.9. The molecule has 0 bridgehead atoms. The maximum absolute atomic E-state index is 11.7. The van der Waals surface area contributed by atoms with E-state index in [1.54, 1.807) is 6.92 Å². The SMILES string of the molecule is CC(O)CC(C)NC(C)C(=O)NC(C)(C)C. The molecule has 0 aliphatic heterocycles. The Morgan fingerprint density at radius 3 is 2.12 bits per heavy atom. The summed E-state index contributed by atoms with van der Waals surface area (Å²) in [5.41, 5.74) is -0.208. The summed E-state index contributed by atoms with van der Waals surface area (Å²) in [4.78, 5) is 11.7. The molecular weight excluding hydrogens is 204 g/mol. The van der Waals surface area contributed by atoms with Crippen molar-refractivity contribution in [3.63, 3.8) is 0 Å². The Labute approximate surface area is 98.8 Å². The van der Waals surface area contributed by atoms with Gasteiger partial charge in [-0.3, -0.25) is 4.79 Å². The average molecular weight is 230 g/mol. The lowest BCUT2D eigenvalue weighted by Crippen LogP contribution is -2.51. The molecule has 3 N–H and O–H groups in total. The van der Waals surface area contributed by atoms with Crippen LogP contribution in [0.4, 0.5) is 0 Å². The van der Waals surface area contributed by atoms with Crippen molar-refractivity contribution in [2.45, 2.75) is 71.7 Å². The molecule has 0 aliphatic carbocycles. The van der Waals surface area contributed by atoms with Crippen molar-refractivity contribution in [3.05, 3.63) is 0 Å². The summed E-state index contributed by atoms with van der Waals surface area (Å²) in [6.45, 7) is 11.4. The summed E-state index contributed by atoms with van der Waals surface area (Å²) >= 11 is 0. The van der Waals surface area contributed by atoms with Gasteiger partial charge in [-0.25, -0.2) is 0 Å². The van der Waals surface area contributed by atoms with Crippen LogP contribution in [-0.2, 0) is 4.79 Å². The third-order valence-corrected chi connectivity index (χ3v) is 2.12. The lowest BCUT2D eigenvalue weighted by molar-refractivity contribution is -0.124. The first-order valence-corrected chi connectivity index (χ1v) is 5.88. The fraction of sp³-hybridized carbons (Fsp3) is 0.917. The second kappa shape index (κ2) is 6.21. The van der Waals surface area contributed by atoms with Crippen molar-refractivity contribution >= 4 is 5.91 Å². The summed E-state index contributed by atoms with van der Waals surface area (Å²) < 4.78 is 0. The van der Waals surface area contributed by atoms with Crippen molar-refractivity contribution in [1.82, 2.24) is 10.6 Å². The number of carbonyl (C=O) groups is 1. The van der Waals surface area contributed by atoms with E-state index in [-0.39, 0.29) is 29.6 Å². The average Bonchev–Trinajstić information content (AvgIpc) is 1.98. The first kappa shape index (κ1) is 15.4. The predicted molar refractivity (Wildman–Crippen MR) is 66.3 cm³/mol. The van der Waals surface area contributed by atoms with Gasteiger partial charge in [-0.2, -0.15) is 0 Å². The Hall–Kier alpha value is -0.610. The van der Waals surface area contributed by atoms with Crippen molar-refractivity contribution in [2.75, 3.05) is 0 Å². The van der Waals surface area contributed by atoms with Crippen LogP contribution < -0.4 is 10.6 Å². The molecule has 0 aromatic heterocycles. The molecule has 0 rings (SSSR count). The van der Waals surface area contributed by atoms with Gasteiger partial charge >= 0.3 is 0 Å². The van der Waals surface area contributed by atoms with Crippen molar-refractivity contribution in [2.24, 2.45) is 0 Å². The molecule has 4 heteroatoms. The van der Waals surface area contributed by atoms with Crippen LogP contribution >= 0.6 is 0 Å². The second-order valence-corrected chi connectivity index (χ2v) is 5.61. The molecule has 0 aromatic carbocycles. The number of aliphatic hydroxyl groups excluding tert-OH is 1. The van der Waals surface area contributed by atoms with Gasteiger partial charge in [0.1, 0.15) is 0 Å². The number of hydrogen-bond acceptors (Lipinski definition) is 3. The topological polar surface area (TPSA) is 61.4 Å². The minimum absolute atomic E-state index is 0.00931. The Kier molecular flexibility index (Phi) is 5.97. The first-order valence-electron chi connectivity index (χ1n) is 5.88. The summed E-state index contributed by atoms with van der Waals surface area (Å²) in [6.07, 6.45) is 0.299. The lowest BCUT2D eigenvalue weighted by Gasteiger charge is -2.26. The number of amides is 1. The van der Waals surface area contributed by atoms with Gasteiger partial charge in [-0.05, 0) is 48.0 Å². The van der Waals surface area contributed by atoms with E-state index in [9.17, 15) is 9.90 Å². The quantitative estimate of drug-likeness (QED) is 0.661. The third-order valence-electron chi connectivity index (χ3n) is 2.12. The lowest BCUT2D eigenvalue weighted by atomic mass is 10.1. The highest BCUT2D eigenvalue weighted by Gasteiger charge is 2.20. The van der Waals surface area contributed by atoms with Crippen LogP contribution in [0.15, 0.2) is 0 Å². The number of carbonyl (C=O) groups excluding carboxylic acids is 1. The van der Waals surface area contributed by atoms with Gasteiger partial charge in [0.15, 0.2) is 0 Å². The third kappa shape index (κ3) is 7.65. The van der Waals surface area contributed by atoms with E-state index in [0.29, 0.717) is 6.42 Å².